The van der Waals surface area contributed by atoms with Crippen LogP contribution in [-0.4, -0.2) is 14.9 Å². The van der Waals surface area contributed by atoms with Gasteiger partial charge in [0.05, 0.1) is 24.3 Å². The molecule has 4 nitrogen and oxygen atoms in total. The van der Waals surface area contributed by atoms with Gasteiger partial charge in [-0.2, -0.15) is 10.4 Å². The van der Waals surface area contributed by atoms with E-state index in [1.54, 1.807) is 24.0 Å². The average Bonchev–Trinajstić information content (AvgIpc) is 2.64. The molecule has 0 aliphatic heterocycles. The Balaban J connectivity index is 2.82. The molecule has 2 unspecified atom stereocenters. The van der Waals surface area contributed by atoms with Crippen molar-refractivity contribution < 1.29 is 5.11 Å². The summed E-state index contributed by atoms with van der Waals surface area (Å²) in [6.07, 6.45) is 2.65. The zero-order chi connectivity index (χ0) is 10.7. The van der Waals surface area contributed by atoms with Gasteiger partial charge in [0.15, 0.2) is 0 Å². The molecule has 0 aliphatic carbocycles. The van der Waals surface area contributed by atoms with Gasteiger partial charge >= 0.3 is 0 Å². The van der Waals surface area contributed by atoms with E-state index < -0.39 is 12.0 Å². The minimum absolute atomic E-state index is 0.272. The van der Waals surface area contributed by atoms with Crippen molar-refractivity contribution in [2.45, 2.75) is 32.9 Å². The lowest BCUT2D eigenvalue weighted by molar-refractivity contribution is 0.142. The highest BCUT2D eigenvalue weighted by atomic mass is 16.3. The number of aromatic nitrogens is 2. The van der Waals surface area contributed by atoms with E-state index in [1.165, 1.54) is 0 Å². The van der Waals surface area contributed by atoms with Gasteiger partial charge < -0.3 is 5.11 Å². The maximum atomic E-state index is 9.71. The summed E-state index contributed by atoms with van der Waals surface area (Å²) >= 11 is 0. The molecule has 4 heteroatoms. The van der Waals surface area contributed by atoms with Gasteiger partial charge in [0.25, 0.3) is 0 Å². The SMILES string of the molecule is CC(C#N)C(O)c1cnn(C(C)C)c1. The van der Waals surface area contributed by atoms with E-state index in [4.69, 9.17) is 5.26 Å². The van der Waals surface area contributed by atoms with E-state index >= 15 is 0 Å². The molecule has 0 spiro atoms. The Kier molecular flexibility index (Phi) is 3.26. The molecule has 1 N–H and O–H groups in total. The first-order valence-electron chi connectivity index (χ1n) is 4.68. The summed E-state index contributed by atoms with van der Waals surface area (Å²) in [4.78, 5) is 0. The van der Waals surface area contributed by atoms with Gasteiger partial charge in [-0.3, -0.25) is 4.68 Å². The van der Waals surface area contributed by atoms with E-state index in [-0.39, 0.29) is 6.04 Å². The molecule has 0 bridgehead atoms. The molecule has 14 heavy (non-hydrogen) atoms. The van der Waals surface area contributed by atoms with Crippen molar-refractivity contribution in [2.75, 3.05) is 0 Å². The van der Waals surface area contributed by atoms with Gasteiger partial charge in [-0.15, -0.1) is 0 Å². The molecule has 0 aromatic carbocycles. The van der Waals surface area contributed by atoms with Crippen LogP contribution in [0.5, 0.6) is 0 Å². The van der Waals surface area contributed by atoms with Crippen molar-refractivity contribution in [2.24, 2.45) is 5.92 Å². The molecule has 76 valence electrons. The third-order valence-corrected chi connectivity index (χ3v) is 2.17. The predicted molar refractivity (Wildman–Crippen MR) is 52.3 cm³/mol. The minimum Gasteiger partial charge on any atom is -0.387 e. The summed E-state index contributed by atoms with van der Waals surface area (Å²) in [6, 6.07) is 2.29. The van der Waals surface area contributed by atoms with Gasteiger partial charge in [0, 0.05) is 17.8 Å². The van der Waals surface area contributed by atoms with Crippen LogP contribution in [0.15, 0.2) is 12.4 Å². The summed E-state index contributed by atoms with van der Waals surface area (Å²) in [5.41, 5.74) is 0.702. The second-order valence-electron chi connectivity index (χ2n) is 3.71. The van der Waals surface area contributed by atoms with Crippen LogP contribution in [0.3, 0.4) is 0 Å². The van der Waals surface area contributed by atoms with Crippen LogP contribution >= 0.6 is 0 Å². The minimum atomic E-state index is -0.743. The van der Waals surface area contributed by atoms with Gasteiger partial charge in [0.1, 0.15) is 0 Å². The normalized spacial score (nSPS) is 15.1. The van der Waals surface area contributed by atoms with Gasteiger partial charge in [-0.05, 0) is 20.8 Å². The fourth-order valence-corrected chi connectivity index (χ4v) is 1.15. The number of hydrogen-bond acceptors (Lipinski definition) is 3. The molecular formula is C10H15N3O. The van der Waals surface area contributed by atoms with E-state index in [0.717, 1.165) is 0 Å². The lowest BCUT2D eigenvalue weighted by Gasteiger charge is -2.09. The number of rotatable bonds is 3. The molecule has 1 heterocycles. The molecule has 0 saturated heterocycles. The topological polar surface area (TPSA) is 61.8 Å². The first kappa shape index (κ1) is 10.7. The highest BCUT2D eigenvalue weighted by Gasteiger charge is 2.17. The Bertz CT molecular complexity index is 337. The van der Waals surface area contributed by atoms with Crippen molar-refractivity contribution in [1.82, 2.24) is 9.78 Å². The Labute approximate surface area is 83.8 Å². The van der Waals surface area contributed by atoms with Crippen molar-refractivity contribution in [3.05, 3.63) is 18.0 Å². The molecule has 0 saturated carbocycles. The second kappa shape index (κ2) is 4.25. The number of aliphatic hydroxyl groups excluding tert-OH is 1. The molecular weight excluding hydrogens is 178 g/mol. The van der Waals surface area contributed by atoms with Crippen molar-refractivity contribution in [3.8, 4) is 6.07 Å². The van der Waals surface area contributed by atoms with E-state index in [2.05, 4.69) is 5.10 Å². The van der Waals surface area contributed by atoms with Crippen LogP contribution in [0.2, 0.25) is 0 Å². The maximum Gasteiger partial charge on any atom is 0.0975 e. The lowest BCUT2D eigenvalue weighted by Crippen LogP contribution is -2.06. The number of aliphatic hydroxyl groups is 1. The zero-order valence-electron chi connectivity index (χ0n) is 8.68. The van der Waals surface area contributed by atoms with Gasteiger partial charge in [-0.25, -0.2) is 0 Å². The largest absolute Gasteiger partial charge is 0.387 e. The Hall–Kier alpha value is -1.34. The standard InChI is InChI=1S/C10H15N3O/c1-7(2)13-6-9(5-12-13)10(14)8(3)4-11/h5-8,10,14H,1-3H3. The van der Waals surface area contributed by atoms with Crippen molar-refractivity contribution in [3.63, 3.8) is 0 Å². The predicted octanol–water partition coefficient (Wildman–Crippen LogP) is 1.66. The van der Waals surface area contributed by atoms with E-state index in [1.807, 2.05) is 19.9 Å². The lowest BCUT2D eigenvalue weighted by atomic mass is 10.0. The van der Waals surface area contributed by atoms with Gasteiger partial charge in [-0.1, -0.05) is 0 Å². The van der Waals surface area contributed by atoms with E-state index in [0.29, 0.717) is 5.56 Å². The molecule has 0 aliphatic rings. The molecule has 1 rings (SSSR count). The zero-order valence-corrected chi connectivity index (χ0v) is 8.68. The summed E-state index contributed by atoms with van der Waals surface area (Å²) in [6.45, 7) is 5.71. The van der Waals surface area contributed by atoms with Crippen LogP contribution in [0.1, 0.15) is 38.5 Å². The summed E-state index contributed by atoms with van der Waals surface area (Å²) in [5, 5.41) is 22.5. The van der Waals surface area contributed by atoms with Gasteiger partial charge in [0.2, 0.25) is 0 Å². The average molecular weight is 193 g/mol. The Morgan fingerprint density at radius 3 is 2.57 bits per heavy atom. The fourth-order valence-electron chi connectivity index (χ4n) is 1.15. The summed E-state index contributed by atoms with van der Waals surface area (Å²) in [7, 11) is 0. The first-order chi connectivity index (χ1) is 6.56. The fraction of sp³-hybridized carbons (Fsp3) is 0.600. The molecule has 0 radical (unpaired) electrons. The quantitative estimate of drug-likeness (QED) is 0.794. The molecule has 0 fully saturated rings. The van der Waals surface area contributed by atoms with Crippen LogP contribution in [0, 0.1) is 17.2 Å². The molecule has 0 amide bonds. The summed E-state index contributed by atoms with van der Waals surface area (Å²) < 4.78 is 1.77. The van der Waals surface area contributed by atoms with E-state index in [9.17, 15) is 5.11 Å². The van der Waals surface area contributed by atoms with Crippen LogP contribution in [0.25, 0.3) is 0 Å². The third-order valence-electron chi connectivity index (χ3n) is 2.17. The second-order valence-corrected chi connectivity index (χ2v) is 3.71. The maximum absolute atomic E-state index is 9.71. The van der Waals surface area contributed by atoms with Crippen LogP contribution in [-0.2, 0) is 0 Å². The van der Waals surface area contributed by atoms with Crippen molar-refractivity contribution >= 4 is 0 Å². The molecule has 1 aromatic rings. The first-order valence-corrected chi connectivity index (χ1v) is 4.68. The highest BCUT2D eigenvalue weighted by molar-refractivity contribution is 5.11. The number of nitriles is 1. The van der Waals surface area contributed by atoms with Crippen LogP contribution in [0.4, 0.5) is 0 Å². The number of hydrogen-bond donors (Lipinski definition) is 1. The summed E-state index contributed by atoms with van der Waals surface area (Å²) in [5.74, 6) is -0.403. The smallest absolute Gasteiger partial charge is 0.0975 e. The Morgan fingerprint density at radius 1 is 1.50 bits per heavy atom. The molecule has 2 atom stereocenters. The number of nitrogens with zero attached hydrogens (tertiary/aromatic N) is 3. The highest BCUT2D eigenvalue weighted by Crippen LogP contribution is 2.21. The third kappa shape index (κ3) is 2.12. The van der Waals surface area contributed by atoms with Crippen LogP contribution < -0.4 is 0 Å². The monoisotopic (exact) mass is 193 g/mol. The molecule has 1 aromatic heterocycles. The van der Waals surface area contributed by atoms with Crippen molar-refractivity contribution in [1.29, 1.82) is 5.26 Å². The Morgan fingerprint density at radius 2 is 2.14 bits per heavy atom.